The Morgan fingerprint density at radius 2 is 2.13 bits per heavy atom. The fourth-order valence-corrected chi connectivity index (χ4v) is 2.62. The van der Waals surface area contributed by atoms with Gasteiger partial charge in [-0.1, -0.05) is 13.8 Å². The second kappa shape index (κ2) is 5.28. The predicted octanol–water partition coefficient (Wildman–Crippen LogP) is 1.43. The maximum Gasteiger partial charge on any atom is 0.0639 e. The van der Waals surface area contributed by atoms with Crippen molar-refractivity contribution >= 4 is 0 Å². The first-order valence-electron chi connectivity index (χ1n) is 6.20. The van der Waals surface area contributed by atoms with Crippen molar-refractivity contribution in [1.29, 1.82) is 0 Å². The lowest BCUT2D eigenvalue weighted by Gasteiger charge is -2.23. The Morgan fingerprint density at radius 3 is 2.80 bits per heavy atom. The van der Waals surface area contributed by atoms with Gasteiger partial charge >= 0.3 is 0 Å². The summed E-state index contributed by atoms with van der Waals surface area (Å²) >= 11 is 0. The van der Waals surface area contributed by atoms with Crippen LogP contribution in [0, 0.1) is 11.8 Å². The molecule has 3 atom stereocenters. The van der Waals surface area contributed by atoms with Crippen LogP contribution in [0.4, 0.5) is 0 Å². The van der Waals surface area contributed by atoms with E-state index < -0.39 is 0 Å². The molecular formula is C12H23NO2. The highest BCUT2D eigenvalue weighted by molar-refractivity contribution is 4.82. The Bertz CT molecular complexity index is 190. The minimum atomic E-state index is 0.458. The molecule has 2 fully saturated rings. The van der Waals surface area contributed by atoms with Crippen LogP contribution in [0.3, 0.4) is 0 Å². The molecule has 3 unspecified atom stereocenters. The summed E-state index contributed by atoms with van der Waals surface area (Å²) in [5.41, 5.74) is 0. The summed E-state index contributed by atoms with van der Waals surface area (Å²) in [7, 11) is 0. The van der Waals surface area contributed by atoms with E-state index >= 15 is 0 Å². The summed E-state index contributed by atoms with van der Waals surface area (Å²) in [6.45, 7) is 8.35. The molecule has 0 aromatic carbocycles. The van der Waals surface area contributed by atoms with Crippen LogP contribution in [0.2, 0.25) is 0 Å². The van der Waals surface area contributed by atoms with Gasteiger partial charge in [0.15, 0.2) is 0 Å². The van der Waals surface area contributed by atoms with Crippen LogP contribution in [0.5, 0.6) is 0 Å². The van der Waals surface area contributed by atoms with Crippen molar-refractivity contribution in [3.05, 3.63) is 0 Å². The molecule has 0 amide bonds. The quantitative estimate of drug-likeness (QED) is 0.766. The van der Waals surface area contributed by atoms with Gasteiger partial charge in [0.05, 0.1) is 12.7 Å². The highest BCUT2D eigenvalue weighted by Crippen LogP contribution is 2.26. The van der Waals surface area contributed by atoms with Crippen molar-refractivity contribution in [3.8, 4) is 0 Å². The third kappa shape index (κ3) is 2.92. The van der Waals surface area contributed by atoms with E-state index in [1.807, 2.05) is 0 Å². The molecule has 2 saturated heterocycles. The van der Waals surface area contributed by atoms with Gasteiger partial charge in [-0.2, -0.15) is 0 Å². The van der Waals surface area contributed by atoms with Gasteiger partial charge in [-0.05, 0) is 24.7 Å². The van der Waals surface area contributed by atoms with E-state index in [9.17, 15) is 0 Å². The molecule has 2 aliphatic rings. The maximum atomic E-state index is 5.77. The molecule has 0 aromatic heterocycles. The van der Waals surface area contributed by atoms with Crippen molar-refractivity contribution < 1.29 is 9.47 Å². The normalized spacial score (nSPS) is 36.6. The largest absolute Gasteiger partial charge is 0.380 e. The summed E-state index contributed by atoms with van der Waals surface area (Å²) < 4.78 is 11.1. The third-order valence-electron chi connectivity index (χ3n) is 3.52. The predicted molar refractivity (Wildman–Crippen MR) is 59.9 cm³/mol. The molecule has 0 radical (unpaired) electrons. The molecule has 2 rings (SSSR count). The molecule has 15 heavy (non-hydrogen) atoms. The fraction of sp³-hybridized carbons (Fsp3) is 1.00. The number of hydrogen-bond donors (Lipinski definition) is 1. The molecule has 0 aliphatic carbocycles. The van der Waals surface area contributed by atoms with Gasteiger partial charge < -0.3 is 14.8 Å². The Hall–Kier alpha value is -0.120. The summed E-state index contributed by atoms with van der Waals surface area (Å²) in [4.78, 5) is 0. The van der Waals surface area contributed by atoms with Crippen molar-refractivity contribution in [1.82, 2.24) is 5.32 Å². The molecule has 0 bridgehead atoms. The molecule has 0 aromatic rings. The molecule has 3 heteroatoms. The van der Waals surface area contributed by atoms with Gasteiger partial charge in [0.25, 0.3) is 0 Å². The van der Waals surface area contributed by atoms with E-state index in [1.54, 1.807) is 0 Å². The van der Waals surface area contributed by atoms with Crippen LogP contribution in [-0.4, -0.2) is 38.5 Å². The molecule has 2 aliphatic heterocycles. The van der Waals surface area contributed by atoms with Gasteiger partial charge in [-0.15, -0.1) is 0 Å². The Kier molecular flexibility index (Phi) is 4.00. The van der Waals surface area contributed by atoms with Crippen molar-refractivity contribution in [2.45, 2.75) is 38.8 Å². The van der Waals surface area contributed by atoms with Gasteiger partial charge in [0.2, 0.25) is 0 Å². The molecule has 0 saturated carbocycles. The number of hydrogen-bond acceptors (Lipinski definition) is 3. The van der Waals surface area contributed by atoms with E-state index in [4.69, 9.17) is 9.47 Å². The minimum Gasteiger partial charge on any atom is -0.380 e. The summed E-state index contributed by atoms with van der Waals surface area (Å²) in [5, 5.41) is 3.60. The van der Waals surface area contributed by atoms with E-state index in [0.29, 0.717) is 24.0 Å². The van der Waals surface area contributed by atoms with Crippen LogP contribution in [-0.2, 0) is 9.47 Å². The number of ether oxygens (including phenoxy) is 2. The summed E-state index contributed by atoms with van der Waals surface area (Å²) in [5.74, 6) is 1.34. The summed E-state index contributed by atoms with van der Waals surface area (Å²) in [6.07, 6.45) is 2.84. The Labute approximate surface area is 92.5 Å². The molecule has 3 nitrogen and oxygen atoms in total. The van der Waals surface area contributed by atoms with E-state index in [0.717, 1.165) is 26.4 Å². The van der Waals surface area contributed by atoms with Crippen molar-refractivity contribution in [3.63, 3.8) is 0 Å². The zero-order valence-corrected chi connectivity index (χ0v) is 9.87. The minimum absolute atomic E-state index is 0.458. The highest BCUT2D eigenvalue weighted by Gasteiger charge is 2.31. The van der Waals surface area contributed by atoms with E-state index in [2.05, 4.69) is 19.2 Å². The van der Waals surface area contributed by atoms with Gasteiger partial charge in [0, 0.05) is 25.8 Å². The lowest BCUT2D eigenvalue weighted by atomic mass is 9.93. The zero-order chi connectivity index (χ0) is 10.7. The van der Waals surface area contributed by atoms with Crippen LogP contribution < -0.4 is 5.32 Å². The van der Waals surface area contributed by atoms with Crippen LogP contribution in [0.15, 0.2) is 0 Å². The van der Waals surface area contributed by atoms with Gasteiger partial charge in [-0.25, -0.2) is 0 Å². The van der Waals surface area contributed by atoms with Crippen molar-refractivity contribution in [2.24, 2.45) is 11.8 Å². The first kappa shape index (κ1) is 11.4. The van der Waals surface area contributed by atoms with Crippen LogP contribution in [0.25, 0.3) is 0 Å². The second-order valence-electron chi connectivity index (χ2n) is 5.10. The van der Waals surface area contributed by atoms with Crippen LogP contribution >= 0.6 is 0 Å². The molecule has 0 spiro atoms. The lowest BCUT2D eigenvalue weighted by molar-refractivity contribution is 0.0532. The van der Waals surface area contributed by atoms with E-state index in [1.165, 1.54) is 12.8 Å². The molecule has 1 N–H and O–H groups in total. The second-order valence-corrected chi connectivity index (χ2v) is 5.10. The van der Waals surface area contributed by atoms with E-state index in [-0.39, 0.29) is 0 Å². The topological polar surface area (TPSA) is 30.5 Å². The fourth-order valence-electron chi connectivity index (χ4n) is 2.62. The number of rotatable bonds is 4. The first-order chi connectivity index (χ1) is 7.27. The third-order valence-corrected chi connectivity index (χ3v) is 3.52. The average molecular weight is 213 g/mol. The Morgan fingerprint density at radius 1 is 1.27 bits per heavy atom. The highest BCUT2D eigenvalue weighted by atomic mass is 16.5. The molecular weight excluding hydrogens is 190 g/mol. The van der Waals surface area contributed by atoms with Gasteiger partial charge in [0.1, 0.15) is 0 Å². The maximum absolute atomic E-state index is 5.77. The van der Waals surface area contributed by atoms with Gasteiger partial charge in [-0.3, -0.25) is 0 Å². The average Bonchev–Trinajstić information content (AvgIpc) is 2.86. The number of nitrogens with one attached hydrogen (secondary N) is 1. The smallest absolute Gasteiger partial charge is 0.0639 e. The molecule has 2 heterocycles. The molecule has 88 valence electrons. The standard InChI is InChI=1S/C12H23NO2/c1-9(2)12-10(3-6-15-12)7-13-11-4-5-14-8-11/h9-13H,3-8H2,1-2H3. The van der Waals surface area contributed by atoms with Crippen LogP contribution in [0.1, 0.15) is 26.7 Å². The lowest BCUT2D eigenvalue weighted by Crippen LogP contribution is -2.37. The van der Waals surface area contributed by atoms with Crippen molar-refractivity contribution in [2.75, 3.05) is 26.4 Å². The zero-order valence-electron chi connectivity index (χ0n) is 9.87. The monoisotopic (exact) mass is 213 g/mol. The SMILES string of the molecule is CC(C)C1OCCC1CNC1CCOC1. The summed E-state index contributed by atoms with van der Waals surface area (Å²) in [6, 6.07) is 0.582. The first-order valence-corrected chi connectivity index (χ1v) is 6.20. The Balaban J connectivity index is 1.73.